The summed E-state index contributed by atoms with van der Waals surface area (Å²) in [6.07, 6.45) is -0.150. The number of hydrazone groups is 1. The summed E-state index contributed by atoms with van der Waals surface area (Å²) < 4.78 is 5.43. The second-order valence-electron chi connectivity index (χ2n) is 7.33. The summed E-state index contributed by atoms with van der Waals surface area (Å²) in [6, 6.07) is 11.2. The average Bonchev–Trinajstić information content (AvgIpc) is 2.59. The van der Waals surface area contributed by atoms with Gasteiger partial charge >= 0.3 is 5.97 Å². The molecule has 1 aromatic carbocycles. The number of nitriles is 1. The van der Waals surface area contributed by atoms with Crippen LogP contribution in [0.2, 0.25) is 0 Å². The number of carbonyl (C=O) groups excluding carboxylic acids is 2. The van der Waals surface area contributed by atoms with Crippen molar-refractivity contribution in [1.29, 1.82) is 5.26 Å². The van der Waals surface area contributed by atoms with Crippen LogP contribution >= 0.6 is 0 Å². The SMILES string of the molecule is CC(C)OC(=O)[C@@H]1/C(=N\NC(=O)CC#N)C[C@@](C)(O)C[C@H]1c1ccccc1. The van der Waals surface area contributed by atoms with Crippen molar-refractivity contribution < 1.29 is 19.4 Å². The van der Waals surface area contributed by atoms with Crippen molar-refractivity contribution in [3.8, 4) is 6.07 Å². The highest BCUT2D eigenvalue weighted by Crippen LogP contribution is 2.41. The molecule has 7 nitrogen and oxygen atoms in total. The lowest BCUT2D eigenvalue weighted by molar-refractivity contribution is -0.151. The summed E-state index contributed by atoms with van der Waals surface area (Å²) in [7, 11) is 0. The van der Waals surface area contributed by atoms with E-state index in [4.69, 9.17) is 10.00 Å². The van der Waals surface area contributed by atoms with Gasteiger partial charge in [0.25, 0.3) is 5.91 Å². The monoisotopic (exact) mass is 371 g/mol. The molecule has 2 rings (SSSR count). The topological polar surface area (TPSA) is 112 Å². The number of rotatable bonds is 5. The van der Waals surface area contributed by atoms with Crippen molar-refractivity contribution in [2.75, 3.05) is 0 Å². The first-order valence-corrected chi connectivity index (χ1v) is 8.93. The van der Waals surface area contributed by atoms with Gasteiger partial charge in [0, 0.05) is 12.3 Å². The maximum atomic E-state index is 12.8. The Morgan fingerprint density at radius 2 is 2.07 bits per heavy atom. The Hall–Kier alpha value is -2.72. The van der Waals surface area contributed by atoms with E-state index in [-0.39, 0.29) is 24.9 Å². The molecule has 0 radical (unpaired) electrons. The van der Waals surface area contributed by atoms with Gasteiger partial charge in [-0.2, -0.15) is 10.4 Å². The molecule has 1 aliphatic rings. The summed E-state index contributed by atoms with van der Waals surface area (Å²) in [6.45, 7) is 5.21. The molecule has 0 bridgehead atoms. The smallest absolute Gasteiger partial charge is 0.315 e. The highest BCUT2D eigenvalue weighted by atomic mass is 16.5. The molecule has 1 saturated carbocycles. The molecule has 0 spiro atoms. The standard InChI is InChI=1S/C20H25N3O4/c1-13(2)27-19(25)18-15(14-7-5-4-6-8-14)11-20(3,26)12-16(18)22-23-17(24)9-10-21/h4-8,13,15,18,26H,9,11-12H2,1-3H3,(H,23,24)/b22-16-/t15-,18-,20-/m0/s1. The summed E-state index contributed by atoms with van der Waals surface area (Å²) in [5, 5.41) is 23.4. The molecule has 7 heteroatoms. The normalized spacial score (nSPS) is 26.4. The molecule has 1 aromatic rings. The van der Waals surface area contributed by atoms with Gasteiger partial charge in [0.1, 0.15) is 12.3 Å². The minimum Gasteiger partial charge on any atom is -0.462 e. The van der Waals surface area contributed by atoms with Crippen LogP contribution in [-0.4, -0.2) is 34.4 Å². The Labute approximate surface area is 159 Å². The Morgan fingerprint density at radius 3 is 2.67 bits per heavy atom. The van der Waals surface area contributed by atoms with Crippen LogP contribution in [0.5, 0.6) is 0 Å². The lowest BCUT2D eigenvalue weighted by Gasteiger charge is -2.39. The Bertz CT molecular complexity index is 750. The van der Waals surface area contributed by atoms with Gasteiger partial charge in [0.05, 0.1) is 23.5 Å². The summed E-state index contributed by atoms with van der Waals surface area (Å²) >= 11 is 0. The minimum absolute atomic E-state index is 0.126. The van der Waals surface area contributed by atoms with Crippen LogP contribution < -0.4 is 5.43 Å². The molecule has 1 fully saturated rings. The molecular weight excluding hydrogens is 346 g/mol. The van der Waals surface area contributed by atoms with Gasteiger partial charge in [-0.05, 0) is 32.8 Å². The van der Waals surface area contributed by atoms with E-state index in [2.05, 4.69) is 10.5 Å². The van der Waals surface area contributed by atoms with E-state index in [1.807, 2.05) is 30.3 Å². The molecule has 0 aromatic heterocycles. The van der Waals surface area contributed by atoms with Gasteiger partial charge in [-0.25, -0.2) is 5.43 Å². The fourth-order valence-corrected chi connectivity index (χ4v) is 3.37. The molecule has 3 atom stereocenters. The third-order valence-electron chi connectivity index (χ3n) is 4.38. The zero-order chi connectivity index (χ0) is 20.0. The summed E-state index contributed by atoms with van der Waals surface area (Å²) in [5.74, 6) is -2.07. The number of nitrogens with one attached hydrogen (secondary N) is 1. The van der Waals surface area contributed by atoms with Crippen LogP contribution in [0.3, 0.4) is 0 Å². The van der Waals surface area contributed by atoms with Crippen LogP contribution in [0, 0.1) is 17.2 Å². The summed E-state index contributed by atoms with van der Waals surface area (Å²) in [4.78, 5) is 24.5. The number of amides is 1. The number of ether oxygens (including phenoxy) is 1. The number of hydrogen-bond donors (Lipinski definition) is 2. The quantitative estimate of drug-likeness (QED) is 0.609. The molecule has 0 heterocycles. The predicted octanol–water partition coefficient (Wildman–Crippen LogP) is 2.27. The van der Waals surface area contributed by atoms with Gasteiger partial charge in [-0.1, -0.05) is 30.3 Å². The van der Waals surface area contributed by atoms with E-state index in [0.29, 0.717) is 12.1 Å². The number of hydrogen-bond acceptors (Lipinski definition) is 6. The van der Waals surface area contributed by atoms with E-state index in [1.165, 1.54) is 0 Å². The molecule has 144 valence electrons. The highest BCUT2D eigenvalue weighted by Gasteiger charge is 2.46. The molecular formula is C20H25N3O4. The Balaban J connectivity index is 2.43. The van der Waals surface area contributed by atoms with Gasteiger partial charge in [-0.3, -0.25) is 9.59 Å². The van der Waals surface area contributed by atoms with Crippen LogP contribution in [0.1, 0.15) is 51.5 Å². The van der Waals surface area contributed by atoms with E-state index in [9.17, 15) is 14.7 Å². The number of carbonyl (C=O) groups is 2. The van der Waals surface area contributed by atoms with Crippen molar-refractivity contribution in [3.05, 3.63) is 35.9 Å². The van der Waals surface area contributed by atoms with Gasteiger partial charge < -0.3 is 9.84 Å². The largest absolute Gasteiger partial charge is 0.462 e. The first-order chi connectivity index (χ1) is 12.7. The molecule has 0 unspecified atom stereocenters. The molecule has 2 N–H and O–H groups in total. The lowest BCUT2D eigenvalue weighted by Crippen LogP contribution is -2.46. The Morgan fingerprint density at radius 1 is 1.41 bits per heavy atom. The average molecular weight is 371 g/mol. The molecule has 0 saturated heterocycles. The predicted molar refractivity (Wildman–Crippen MR) is 99.6 cm³/mol. The van der Waals surface area contributed by atoms with Gasteiger partial charge in [0.15, 0.2) is 0 Å². The number of esters is 1. The van der Waals surface area contributed by atoms with E-state index >= 15 is 0 Å². The maximum Gasteiger partial charge on any atom is 0.315 e. The van der Waals surface area contributed by atoms with E-state index < -0.39 is 23.4 Å². The molecule has 1 amide bonds. The molecule has 1 aliphatic carbocycles. The van der Waals surface area contributed by atoms with Crippen molar-refractivity contribution in [2.24, 2.45) is 11.0 Å². The second-order valence-corrected chi connectivity index (χ2v) is 7.33. The zero-order valence-electron chi connectivity index (χ0n) is 15.8. The van der Waals surface area contributed by atoms with E-state index in [1.54, 1.807) is 26.8 Å². The third-order valence-corrected chi connectivity index (χ3v) is 4.38. The maximum absolute atomic E-state index is 12.8. The fraction of sp³-hybridized carbons (Fsp3) is 0.500. The van der Waals surface area contributed by atoms with Crippen molar-refractivity contribution >= 4 is 17.6 Å². The van der Waals surface area contributed by atoms with Gasteiger partial charge in [0.2, 0.25) is 0 Å². The number of aliphatic hydroxyl groups is 1. The van der Waals surface area contributed by atoms with Crippen molar-refractivity contribution in [2.45, 2.75) is 57.7 Å². The van der Waals surface area contributed by atoms with Crippen molar-refractivity contribution in [3.63, 3.8) is 0 Å². The minimum atomic E-state index is -1.09. The van der Waals surface area contributed by atoms with Crippen molar-refractivity contribution in [1.82, 2.24) is 5.43 Å². The van der Waals surface area contributed by atoms with Gasteiger partial charge in [-0.15, -0.1) is 0 Å². The van der Waals surface area contributed by atoms with Crippen LogP contribution in [0.15, 0.2) is 35.4 Å². The first kappa shape index (κ1) is 20.6. The Kier molecular flexibility index (Phi) is 6.70. The zero-order valence-corrected chi connectivity index (χ0v) is 15.8. The molecule has 0 aliphatic heterocycles. The summed E-state index contributed by atoms with van der Waals surface area (Å²) in [5.41, 5.74) is 2.45. The lowest BCUT2D eigenvalue weighted by atomic mass is 9.68. The number of nitrogens with zero attached hydrogens (tertiary/aromatic N) is 2. The van der Waals surface area contributed by atoms with E-state index in [0.717, 1.165) is 5.56 Å². The highest BCUT2D eigenvalue weighted by molar-refractivity contribution is 6.04. The molecule has 27 heavy (non-hydrogen) atoms. The van der Waals surface area contributed by atoms with Crippen LogP contribution in [0.4, 0.5) is 0 Å². The van der Waals surface area contributed by atoms with Crippen LogP contribution in [-0.2, 0) is 14.3 Å². The van der Waals surface area contributed by atoms with Crippen LogP contribution in [0.25, 0.3) is 0 Å². The fourth-order valence-electron chi connectivity index (χ4n) is 3.37. The third kappa shape index (κ3) is 5.63. The first-order valence-electron chi connectivity index (χ1n) is 8.93. The number of benzene rings is 1. The second kappa shape index (κ2) is 8.78.